The number of nitro groups is 1. The molecule has 1 aromatic carbocycles. The third-order valence-corrected chi connectivity index (χ3v) is 2.05. The van der Waals surface area contributed by atoms with Crippen molar-refractivity contribution < 1.29 is 19.2 Å². The molecule has 18 heavy (non-hydrogen) atoms. The highest BCUT2D eigenvalue weighted by Crippen LogP contribution is 2.28. The average molecular weight is 251 g/mol. The zero-order chi connectivity index (χ0) is 13.7. The molecular formula is C12H13NO5. The van der Waals surface area contributed by atoms with Crippen molar-refractivity contribution in [2.24, 2.45) is 0 Å². The van der Waals surface area contributed by atoms with Crippen molar-refractivity contribution in [2.45, 2.75) is 6.92 Å². The number of nitrogens with zero attached hydrogens (tertiary/aromatic N) is 1. The van der Waals surface area contributed by atoms with Crippen LogP contribution in [0.5, 0.6) is 5.75 Å². The fourth-order valence-corrected chi connectivity index (χ4v) is 1.23. The van der Waals surface area contributed by atoms with E-state index in [9.17, 15) is 14.9 Å². The quantitative estimate of drug-likeness (QED) is 0.347. The van der Waals surface area contributed by atoms with Gasteiger partial charge in [-0.05, 0) is 18.6 Å². The van der Waals surface area contributed by atoms with E-state index in [0.717, 1.165) is 0 Å². The van der Waals surface area contributed by atoms with Crippen LogP contribution in [0.25, 0.3) is 0 Å². The molecule has 0 unspecified atom stereocenters. The molecule has 0 spiro atoms. The van der Waals surface area contributed by atoms with Gasteiger partial charge in [-0.25, -0.2) is 4.79 Å². The van der Waals surface area contributed by atoms with Crippen molar-refractivity contribution in [3.05, 3.63) is 46.0 Å². The topological polar surface area (TPSA) is 78.7 Å². The van der Waals surface area contributed by atoms with Gasteiger partial charge in [-0.1, -0.05) is 6.58 Å². The highest BCUT2D eigenvalue weighted by atomic mass is 16.6. The predicted octanol–water partition coefficient (Wildman–Crippen LogP) is 2.34. The number of hydrogen-bond donors (Lipinski definition) is 0. The molecule has 0 amide bonds. The summed E-state index contributed by atoms with van der Waals surface area (Å²) in [7, 11) is 1.23. The number of hydrogen-bond acceptors (Lipinski definition) is 5. The Morgan fingerprint density at radius 3 is 2.67 bits per heavy atom. The SMILES string of the molecule is C=C(C)COc1cc(C(=O)OC)ccc1[N+](=O)[O-]. The molecule has 0 aliphatic heterocycles. The van der Waals surface area contributed by atoms with Gasteiger partial charge in [-0.2, -0.15) is 0 Å². The third kappa shape index (κ3) is 3.31. The van der Waals surface area contributed by atoms with Crippen LogP contribution < -0.4 is 4.74 Å². The van der Waals surface area contributed by atoms with Crippen LogP contribution in [0.15, 0.2) is 30.4 Å². The number of methoxy groups -OCH3 is 1. The summed E-state index contributed by atoms with van der Waals surface area (Å²) >= 11 is 0. The number of rotatable bonds is 5. The van der Waals surface area contributed by atoms with Crippen LogP contribution in [0, 0.1) is 10.1 Å². The number of nitro benzene ring substituents is 1. The smallest absolute Gasteiger partial charge is 0.337 e. The monoisotopic (exact) mass is 251 g/mol. The van der Waals surface area contributed by atoms with Gasteiger partial charge in [0.25, 0.3) is 0 Å². The normalized spacial score (nSPS) is 9.67. The van der Waals surface area contributed by atoms with Gasteiger partial charge >= 0.3 is 11.7 Å². The summed E-state index contributed by atoms with van der Waals surface area (Å²) in [6.45, 7) is 5.51. The molecule has 0 aliphatic rings. The maximum absolute atomic E-state index is 11.3. The van der Waals surface area contributed by atoms with Crippen molar-refractivity contribution in [1.82, 2.24) is 0 Å². The third-order valence-electron chi connectivity index (χ3n) is 2.05. The molecule has 0 saturated carbocycles. The fraction of sp³-hybridized carbons (Fsp3) is 0.250. The lowest BCUT2D eigenvalue weighted by molar-refractivity contribution is -0.385. The van der Waals surface area contributed by atoms with E-state index in [-0.39, 0.29) is 23.6 Å². The highest BCUT2D eigenvalue weighted by molar-refractivity contribution is 5.90. The van der Waals surface area contributed by atoms with E-state index in [1.165, 1.54) is 25.3 Å². The second-order valence-corrected chi connectivity index (χ2v) is 3.68. The van der Waals surface area contributed by atoms with Gasteiger partial charge in [-0.15, -0.1) is 0 Å². The van der Waals surface area contributed by atoms with Crippen molar-refractivity contribution in [3.63, 3.8) is 0 Å². The lowest BCUT2D eigenvalue weighted by atomic mass is 10.2. The number of carbonyl (C=O) groups excluding carboxylic acids is 1. The highest BCUT2D eigenvalue weighted by Gasteiger charge is 2.18. The van der Waals surface area contributed by atoms with E-state index in [1.54, 1.807) is 6.92 Å². The first-order valence-corrected chi connectivity index (χ1v) is 5.09. The van der Waals surface area contributed by atoms with E-state index in [2.05, 4.69) is 11.3 Å². The van der Waals surface area contributed by atoms with Crippen molar-refractivity contribution in [1.29, 1.82) is 0 Å². The van der Waals surface area contributed by atoms with Crippen molar-refractivity contribution in [2.75, 3.05) is 13.7 Å². The molecule has 1 rings (SSSR count). The summed E-state index contributed by atoms with van der Waals surface area (Å²) in [5.74, 6) is -0.559. The molecule has 1 aromatic rings. The minimum absolute atomic E-state index is 0.0194. The zero-order valence-electron chi connectivity index (χ0n) is 10.1. The molecule has 0 aromatic heterocycles. The predicted molar refractivity (Wildman–Crippen MR) is 64.7 cm³/mol. The maximum atomic E-state index is 11.3. The van der Waals surface area contributed by atoms with E-state index in [0.29, 0.717) is 5.57 Å². The number of esters is 1. The number of carbonyl (C=O) groups is 1. The lowest BCUT2D eigenvalue weighted by Gasteiger charge is -2.07. The Bertz CT molecular complexity index is 495. The summed E-state index contributed by atoms with van der Waals surface area (Å²) in [6, 6.07) is 3.81. The molecule has 0 fully saturated rings. The largest absolute Gasteiger partial charge is 0.482 e. The van der Waals surface area contributed by atoms with Gasteiger partial charge in [0.1, 0.15) is 6.61 Å². The van der Waals surface area contributed by atoms with Gasteiger partial charge in [-0.3, -0.25) is 10.1 Å². The summed E-state index contributed by atoms with van der Waals surface area (Å²) in [5.41, 5.74) is 0.705. The van der Waals surface area contributed by atoms with Crippen LogP contribution in [0.2, 0.25) is 0 Å². The van der Waals surface area contributed by atoms with Crippen LogP contribution in [-0.4, -0.2) is 24.6 Å². The molecule has 0 atom stereocenters. The summed E-state index contributed by atoms with van der Waals surface area (Å²) < 4.78 is 9.78. The molecule has 6 nitrogen and oxygen atoms in total. The van der Waals surface area contributed by atoms with E-state index in [1.807, 2.05) is 0 Å². The minimum atomic E-state index is -0.579. The van der Waals surface area contributed by atoms with E-state index >= 15 is 0 Å². The second-order valence-electron chi connectivity index (χ2n) is 3.68. The number of benzene rings is 1. The molecule has 0 aliphatic carbocycles. The van der Waals surface area contributed by atoms with Crippen LogP contribution >= 0.6 is 0 Å². The van der Waals surface area contributed by atoms with Crippen LogP contribution in [0.3, 0.4) is 0 Å². The first-order valence-electron chi connectivity index (χ1n) is 5.09. The second kappa shape index (κ2) is 5.81. The Labute approximate surface area is 104 Å². The lowest BCUT2D eigenvalue weighted by Crippen LogP contribution is -2.05. The van der Waals surface area contributed by atoms with Crippen molar-refractivity contribution >= 4 is 11.7 Å². The molecule has 0 radical (unpaired) electrons. The van der Waals surface area contributed by atoms with Crippen molar-refractivity contribution in [3.8, 4) is 5.75 Å². The van der Waals surface area contributed by atoms with Crippen LogP contribution in [-0.2, 0) is 4.74 Å². The first-order chi connectivity index (χ1) is 8.45. The summed E-state index contributed by atoms with van der Waals surface area (Å²) in [4.78, 5) is 21.5. The number of ether oxygens (including phenoxy) is 2. The first kappa shape index (κ1) is 13.7. The maximum Gasteiger partial charge on any atom is 0.337 e. The summed E-state index contributed by atoms with van der Waals surface area (Å²) in [5, 5.41) is 10.8. The zero-order valence-corrected chi connectivity index (χ0v) is 10.1. The fourth-order valence-electron chi connectivity index (χ4n) is 1.23. The Balaban J connectivity index is 3.11. The van der Waals surface area contributed by atoms with Gasteiger partial charge in [0, 0.05) is 12.1 Å². The molecule has 0 heterocycles. The Hall–Kier alpha value is -2.37. The minimum Gasteiger partial charge on any atom is -0.482 e. The molecular weight excluding hydrogens is 238 g/mol. The molecule has 0 bridgehead atoms. The molecule has 0 saturated heterocycles. The van der Waals surface area contributed by atoms with Crippen LogP contribution in [0.1, 0.15) is 17.3 Å². The van der Waals surface area contributed by atoms with Gasteiger partial charge in [0.15, 0.2) is 5.75 Å². The standard InChI is InChI=1S/C12H13NO5/c1-8(2)7-18-11-6-9(12(14)17-3)4-5-10(11)13(15)16/h4-6H,1,7H2,2-3H3. The van der Waals surface area contributed by atoms with E-state index < -0.39 is 10.9 Å². The Kier molecular flexibility index (Phi) is 4.42. The van der Waals surface area contributed by atoms with Gasteiger partial charge < -0.3 is 9.47 Å². The van der Waals surface area contributed by atoms with E-state index in [4.69, 9.17) is 4.74 Å². The van der Waals surface area contributed by atoms with Gasteiger partial charge in [0.2, 0.25) is 0 Å². The Morgan fingerprint density at radius 2 is 2.17 bits per heavy atom. The molecule has 6 heteroatoms. The molecule has 96 valence electrons. The Morgan fingerprint density at radius 1 is 1.50 bits per heavy atom. The van der Waals surface area contributed by atoms with Gasteiger partial charge in [0.05, 0.1) is 17.6 Å². The average Bonchev–Trinajstić information content (AvgIpc) is 2.34. The molecule has 0 N–H and O–H groups in total. The summed E-state index contributed by atoms with van der Waals surface area (Å²) in [6.07, 6.45) is 0. The van der Waals surface area contributed by atoms with Crippen LogP contribution in [0.4, 0.5) is 5.69 Å².